The van der Waals surface area contributed by atoms with Gasteiger partial charge in [-0.2, -0.15) is 0 Å². The van der Waals surface area contributed by atoms with E-state index < -0.39 is 25.4 Å². The van der Waals surface area contributed by atoms with E-state index in [1.807, 2.05) is 0 Å². The third kappa shape index (κ3) is 4.78. The van der Waals surface area contributed by atoms with Gasteiger partial charge < -0.3 is 4.90 Å². The zero-order chi connectivity index (χ0) is 18.9. The van der Waals surface area contributed by atoms with Crippen LogP contribution < -0.4 is 9.62 Å². The third-order valence-corrected chi connectivity index (χ3v) is 6.95. The van der Waals surface area contributed by atoms with Crippen LogP contribution in [-0.4, -0.2) is 41.1 Å². The number of carbonyl (C=O) groups is 1. The zero-order valence-corrected chi connectivity index (χ0v) is 16.4. The van der Waals surface area contributed by atoms with Crippen LogP contribution in [0.15, 0.2) is 28.0 Å². The molecule has 0 aromatic heterocycles. The average molecular weight is 377 g/mol. The molecule has 0 bridgehead atoms. The molecular weight excluding hydrogens is 352 g/mol. The molecule has 0 saturated carbocycles. The van der Waals surface area contributed by atoms with Crippen LogP contribution in [-0.2, 0) is 24.7 Å². The molecule has 0 atom stereocenters. The van der Waals surface area contributed by atoms with E-state index in [1.54, 1.807) is 20.8 Å². The molecule has 24 heavy (non-hydrogen) atoms. The summed E-state index contributed by atoms with van der Waals surface area (Å²) >= 11 is 0. The summed E-state index contributed by atoms with van der Waals surface area (Å²) in [6.07, 6.45) is 0. The summed E-state index contributed by atoms with van der Waals surface area (Å²) in [4.78, 5) is 12.1. The Kier molecular flexibility index (Phi) is 5.85. The van der Waals surface area contributed by atoms with Gasteiger partial charge in [-0.3, -0.25) is 4.79 Å². The Bertz CT molecular complexity index is 837. The van der Waals surface area contributed by atoms with Crippen LogP contribution in [0.1, 0.15) is 34.6 Å². The van der Waals surface area contributed by atoms with Gasteiger partial charge in [-0.05, 0) is 39.0 Å². The molecule has 1 aromatic carbocycles. The minimum absolute atomic E-state index is 0.229. The highest BCUT2D eigenvalue weighted by molar-refractivity contribution is 7.93. The fourth-order valence-electron chi connectivity index (χ4n) is 1.97. The molecule has 136 valence electrons. The van der Waals surface area contributed by atoms with E-state index in [9.17, 15) is 21.6 Å². The van der Waals surface area contributed by atoms with Crippen molar-refractivity contribution in [3.05, 3.63) is 18.2 Å². The highest BCUT2D eigenvalue weighted by Gasteiger charge is 2.29. The summed E-state index contributed by atoms with van der Waals surface area (Å²) in [6, 6.07) is 3.85. The zero-order valence-electron chi connectivity index (χ0n) is 14.7. The molecule has 9 heteroatoms. The number of hydrogen-bond donors (Lipinski definition) is 1. The van der Waals surface area contributed by atoms with Crippen molar-refractivity contribution in [3.63, 3.8) is 0 Å². The molecule has 0 unspecified atom stereocenters. The van der Waals surface area contributed by atoms with Gasteiger partial charge in [-0.15, -0.1) is 0 Å². The van der Waals surface area contributed by atoms with Crippen LogP contribution in [0.5, 0.6) is 0 Å². The first-order valence-electron chi connectivity index (χ1n) is 7.36. The average Bonchev–Trinajstić information content (AvgIpc) is 2.43. The monoisotopic (exact) mass is 376 g/mol. The first kappa shape index (κ1) is 20.6. The second-order valence-corrected chi connectivity index (χ2v) is 10.4. The predicted molar refractivity (Wildman–Crippen MR) is 93.3 cm³/mol. The van der Waals surface area contributed by atoms with Gasteiger partial charge >= 0.3 is 0 Å². The second-order valence-electron chi connectivity index (χ2n) is 6.47. The first-order valence-corrected chi connectivity index (χ1v) is 10.5. The maximum atomic E-state index is 12.7. The van der Waals surface area contributed by atoms with E-state index in [2.05, 4.69) is 4.72 Å². The highest BCUT2D eigenvalue weighted by Crippen LogP contribution is 2.28. The Hall–Kier alpha value is -1.45. The molecule has 1 aromatic rings. The van der Waals surface area contributed by atoms with E-state index in [4.69, 9.17) is 0 Å². The molecule has 0 fully saturated rings. The SMILES string of the molecule is CCS(=O)(=O)c1ccc(N(C)C(C)=O)cc1S(=O)(=O)NC(C)(C)C. The van der Waals surface area contributed by atoms with Crippen LogP contribution in [0.4, 0.5) is 5.69 Å². The second kappa shape index (κ2) is 6.81. The van der Waals surface area contributed by atoms with E-state index in [0.29, 0.717) is 5.69 Å². The van der Waals surface area contributed by atoms with E-state index in [0.717, 1.165) is 0 Å². The molecule has 7 nitrogen and oxygen atoms in total. The van der Waals surface area contributed by atoms with Gasteiger partial charge in [-0.1, -0.05) is 6.92 Å². The molecule has 0 saturated heterocycles. The molecule has 0 spiro atoms. The van der Waals surface area contributed by atoms with Crippen molar-refractivity contribution in [3.8, 4) is 0 Å². The normalized spacial score (nSPS) is 12.9. The number of benzene rings is 1. The predicted octanol–water partition coefficient (Wildman–Crippen LogP) is 1.54. The van der Waals surface area contributed by atoms with Crippen LogP contribution in [0.25, 0.3) is 0 Å². The molecule has 0 aliphatic heterocycles. The highest BCUT2D eigenvalue weighted by atomic mass is 32.2. The smallest absolute Gasteiger partial charge is 0.242 e. The van der Waals surface area contributed by atoms with Gasteiger partial charge in [0.1, 0.15) is 4.90 Å². The van der Waals surface area contributed by atoms with Crippen molar-refractivity contribution < 1.29 is 21.6 Å². The summed E-state index contributed by atoms with van der Waals surface area (Å²) in [7, 11) is -6.36. The number of nitrogens with zero attached hydrogens (tertiary/aromatic N) is 1. The van der Waals surface area contributed by atoms with Crippen LogP contribution in [0.3, 0.4) is 0 Å². The molecule has 0 heterocycles. The minimum Gasteiger partial charge on any atom is -0.316 e. The maximum Gasteiger partial charge on any atom is 0.242 e. The van der Waals surface area contributed by atoms with Crippen molar-refractivity contribution >= 4 is 31.5 Å². The number of rotatable bonds is 5. The van der Waals surface area contributed by atoms with Crippen molar-refractivity contribution in [1.29, 1.82) is 0 Å². The van der Waals surface area contributed by atoms with E-state index in [1.165, 1.54) is 44.0 Å². The number of carbonyl (C=O) groups excluding carboxylic acids is 1. The minimum atomic E-state index is -4.09. The maximum absolute atomic E-state index is 12.7. The van der Waals surface area contributed by atoms with Crippen molar-refractivity contribution in [2.24, 2.45) is 0 Å². The summed E-state index contributed by atoms with van der Waals surface area (Å²) in [6.45, 7) is 7.75. The standard InChI is InChI=1S/C15H24N2O5S2/c1-7-23(19,20)13-9-8-12(17(6)11(2)18)10-14(13)24(21,22)16-15(3,4)5/h8-10,16H,7H2,1-6H3. The Balaban J connectivity index is 3.69. The fraction of sp³-hybridized carbons (Fsp3) is 0.533. The Morgan fingerprint density at radius 1 is 1.12 bits per heavy atom. The number of nitrogens with one attached hydrogen (secondary N) is 1. The lowest BCUT2D eigenvalue weighted by atomic mass is 10.1. The first-order chi connectivity index (χ1) is 10.7. The molecule has 0 radical (unpaired) electrons. The number of sulfonamides is 1. The molecule has 0 aliphatic carbocycles. The lowest BCUT2D eigenvalue weighted by Gasteiger charge is -2.23. The molecule has 1 amide bonds. The summed E-state index contributed by atoms with van der Waals surface area (Å²) < 4.78 is 52.4. The van der Waals surface area contributed by atoms with Gasteiger partial charge in [0.25, 0.3) is 0 Å². The molecule has 1 rings (SSSR count). The topological polar surface area (TPSA) is 101 Å². The lowest BCUT2D eigenvalue weighted by molar-refractivity contribution is -0.116. The summed E-state index contributed by atoms with van der Waals surface area (Å²) in [5, 5.41) is 0. The molecule has 0 aliphatic rings. The fourth-order valence-corrected chi connectivity index (χ4v) is 5.15. The number of amides is 1. The lowest BCUT2D eigenvalue weighted by Crippen LogP contribution is -2.41. The van der Waals surface area contributed by atoms with Crippen molar-refractivity contribution in [2.45, 2.75) is 49.9 Å². The van der Waals surface area contributed by atoms with Gasteiger partial charge in [-0.25, -0.2) is 21.6 Å². The van der Waals surface area contributed by atoms with E-state index >= 15 is 0 Å². The summed E-state index contributed by atoms with van der Waals surface area (Å²) in [5.41, 5.74) is -0.485. The van der Waals surface area contributed by atoms with Gasteiger partial charge in [0, 0.05) is 25.2 Å². The van der Waals surface area contributed by atoms with Gasteiger partial charge in [0.05, 0.1) is 10.6 Å². The van der Waals surface area contributed by atoms with Crippen LogP contribution in [0.2, 0.25) is 0 Å². The number of sulfone groups is 1. The van der Waals surface area contributed by atoms with Crippen LogP contribution >= 0.6 is 0 Å². The quantitative estimate of drug-likeness (QED) is 0.840. The Morgan fingerprint density at radius 3 is 2.08 bits per heavy atom. The largest absolute Gasteiger partial charge is 0.316 e. The Morgan fingerprint density at radius 2 is 1.67 bits per heavy atom. The van der Waals surface area contributed by atoms with E-state index in [-0.39, 0.29) is 21.5 Å². The van der Waals surface area contributed by atoms with Crippen LogP contribution in [0, 0.1) is 0 Å². The number of hydrogen-bond acceptors (Lipinski definition) is 5. The van der Waals surface area contributed by atoms with Gasteiger partial charge in [0.2, 0.25) is 15.9 Å². The third-order valence-electron chi connectivity index (χ3n) is 3.23. The Labute approximate surface area is 144 Å². The molecular formula is C15H24N2O5S2. The molecule has 1 N–H and O–H groups in total. The van der Waals surface area contributed by atoms with Crippen molar-refractivity contribution in [2.75, 3.05) is 17.7 Å². The van der Waals surface area contributed by atoms with Crippen molar-refractivity contribution in [1.82, 2.24) is 4.72 Å². The summed E-state index contributed by atoms with van der Waals surface area (Å²) in [5.74, 6) is -0.527. The van der Waals surface area contributed by atoms with Gasteiger partial charge in [0.15, 0.2) is 9.84 Å². The number of anilines is 1.